The molecule has 3 nitrogen and oxygen atoms in total. The monoisotopic (exact) mass is 632 g/mol. The lowest BCUT2D eigenvalue weighted by Gasteiger charge is -2.30. The summed E-state index contributed by atoms with van der Waals surface area (Å²) in [7, 11) is 0. The third kappa shape index (κ3) is 4.80. The highest BCUT2D eigenvalue weighted by Gasteiger charge is 2.45. The van der Waals surface area contributed by atoms with Gasteiger partial charge in [-0.1, -0.05) is 109 Å². The molecule has 236 valence electrons. The van der Waals surface area contributed by atoms with E-state index in [9.17, 15) is 0 Å². The fourth-order valence-electron chi connectivity index (χ4n) is 7.24. The van der Waals surface area contributed by atoms with E-state index in [1.807, 2.05) is 6.20 Å². The molecule has 0 saturated heterocycles. The Kier molecular flexibility index (Phi) is 6.51. The topological polar surface area (TPSA) is 34.5 Å². The summed E-state index contributed by atoms with van der Waals surface area (Å²) >= 11 is 0. The van der Waals surface area contributed by atoms with Gasteiger partial charge in [0.25, 0.3) is 0 Å². The summed E-state index contributed by atoms with van der Waals surface area (Å²) < 4.78 is 6.28. The van der Waals surface area contributed by atoms with Gasteiger partial charge in [0.2, 0.25) is 5.90 Å². The SMILES string of the molecule is CC1(C)N=C(c2ccc(-c3ccc4c(-c5ccc6ccccc6c5)c5ccccc5c(-c5ccc6ccccc6c5)c4c3)nc2)OC1(C)C. The highest BCUT2D eigenvalue weighted by molar-refractivity contribution is 6.22. The molecule has 1 aliphatic rings. The van der Waals surface area contributed by atoms with Crippen molar-refractivity contribution < 1.29 is 4.74 Å². The predicted molar refractivity (Wildman–Crippen MR) is 206 cm³/mol. The second-order valence-electron chi connectivity index (χ2n) is 14.2. The molecular formula is C46H36N2O. The number of hydrogen-bond donors (Lipinski definition) is 0. The molecular weight excluding hydrogens is 597 g/mol. The van der Waals surface area contributed by atoms with Crippen LogP contribution in [0.5, 0.6) is 0 Å². The number of aliphatic imine (C=N–C) groups is 1. The lowest BCUT2D eigenvalue weighted by molar-refractivity contribution is 0.0619. The van der Waals surface area contributed by atoms with Crippen molar-refractivity contribution in [3.05, 3.63) is 151 Å². The van der Waals surface area contributed by atoms with Gasteiger partial charge in [-0.15, -0.1) is 0 Å². The van der Waals surface area contributed by atoms with Crippen molar-refractivity contribution in [2.75, 3.05) is 0 Å². The van der Waals surface area contributed by atoms with Crippen LogP contribution >= 0.6 is 0 Å². The molecule has 49 heavy (non-hydrogen) atoms. The standard InChI is InChI=1S/C46H36N2O/c1-45(2)46(3,4)49-44(48-45)36-22-24-41(47-28-36)33-21-23-39-40(27-33)43(35-20-18-30-12-6-8-14-32(30)26-35)38-16-10-9-15-37(38)42(39)34-19-17-29-11-5-7-13-31(29)25-34/h5-28H,1-4H3. The Hall–Kier alpha value is -5.80. The van der Waals surface area contributed by atoms with Crippen LogP contribution in [-0.2, 0) is 4.74 Å². The third-order valence-electron chi connectivity index (χ3n) is 10.6. The van der Waals surface area contributed by atoms with Crippen LogP contribution in [0, 0.1) is 0 Å². The predicted octanol–water partition coefficient (Wildman–Crippen LogP) is 12.0. The second kappa shape index (κ2) is 10.9. The van der Waals surface area contributed by atoms with Crippen LogP contribution in [0.1, 0.15) is 33.3 Å². The number of aromatic nitrogens is 1. The van der Waals surface area contributed by atoms with Gasteiger partial charge in [-0.3, -0.25) is 4.98 Å². The number of ether oxygens (including phenoxy) is 1. The molecule has 8 aromatic rings. The smallest absolute Gasteiger partial charge is 0.218 e. The van der Waals surface area contributed by atoms with Crippen LogP contribution in [0.15, 0.2) is 151 Å². The normalized spacial score (nSPS) is 15.1. The van der Waals surface area contributed by atoms with Gasteiger partial charge < -0.3 is 4.74 Å². The minimum atomic E-state index is -0.385. The lowest BCUT2D eigenvalue weighted by Crippen LogP contribution is -2.41. The number of nitrogens with zero attached hydrogens (tertiary/aromatic N) is 2. The molecule has 9 rings (SSSR count). The number of pyridine rings is 1. The van der Waals surface area contributed by atoms with E-state index in [-0.39, 0.29) is 11.1 Å². The zero-order valence-electron chi connectivity index (χ0n) is 28.2. The summed E-state index contributed by atoms with van der Waals surface area (Å²) in [4.78, 5) is 9.85. The molecule has 2 heterocycles. The number of hydrogen-bond acceptors (Lipinski definition) is 3. The first-order chi connectivity index (χ1) is 23.8. The first-order valence-electron chi connectivity index (χ1n) is 17.0. The zero-order valence-corrected chi connectivity index (χ0v) is 28.2. The molecule has 3 heteroatoms. The van der Waals surface area contributed by atoms with Crippen molar-refractivity contribution in [3.63, 3.8) is 0 Å². The molecule has 0 fully saturated rings. The first kappa shape index (κ1) is 29.3. The zero-order chi connectivity index (χ0) is 33.3. The third-order valence-corrected chi connectivity index (χ3v) is 10.6. The molecule has 0 N–H and O–H groups in total. The summed E-state index contributed by atoms with van der Waals surface area (Å²) in [6.45, 7) is 8.40. The Bertz CT molecular complexity index is 2630. The summed E-state index contributed by atoms with van der Waals surface area (Å²) in [5.74, 6) is 0.651. The molecule has 0 atom stereocenters. The summed E-state index contributed by atoms with van der Waals surface area (Å²) in [5.41, 5.74) is 7.06. The van der Waals surface area contributed by atoms with Gasteiger partial charge in [0.05, 0.1) is 16.8 Å². The second-order valence-corrected chi connectivity index (χ2v) is 14.2. The van der Waals surface area contributed by atoms with Crippen molar-refractivity contribution in [1.29, 1.82) is 0 Å². The average molecular weight is 633 g/mol. The first-order valence-corrected chi connectivity index (χ1v) is 17.0. The van der Waals surface area contributed by atoms with E-state index >= 15 is 0 Å². The van der Waals surface area contributed by atoms with Crippen LogP contribution in [0.2, 0.25) is 0 Å². The minimum absolute atomic E-state index is 0.315. The molecule has 0 unspecified atom stereocenters. The van der Waals surface area contributed by atoms with Gasteiger partial charge in [-0.05, 0) is 123 Å². The molecule has 1 aromatic heterocycles. The number of fused-ring (bicyclic) bond motifs is 4. The van der Waals surface area contributed by atoms with Crippen molar-refractivity contribution in [2.45, 2.75) is 38.8 Å². The Balaban J connectivity index is 1.28. The summed E-state index contributed by atoms with van der Waals surface area (Å²) in [6.07, 6.45) is 1.89. The summed E-state index contributed by atoms with van der Waals surface area (Å²) in [6, 6.07) is 50.7. The molecule has 0 spiro atoms. The van der Waals surface area contributed by atoms with E-state index in [2.05, 4.69) is 167 Å². The van der Waals surface area contributed by atoms with Gasteiger partial charge in [0.15, 0.2) is 0 Å². The Morgan fingerprint density at radius 3 is 1.51 bits per heavy atom. The van der Waals surface area contributed by atoms with Crippen LogP contribution < -0.4 is 0 Å². The highest BCUT2D eigenvalue weighted by atomic mass is 16.5. The van der Waals surface area contributed by atoms with E-state index in [0.29, 0.717) is 5.90 Å². The van der Waals surface area contributed by atoms with Gasteiger partial charge in [-0.25, -0.2) is 4.99 Å². The van der Waals surface area contributed by atoms with Crippen molar-refractivity contribution in [1.82, 2.24) is 4.98 Å². The molecule has 1 aliphatic heterocycles. The van der Waals surface area contributed by atoms with Gasteiger partial charge >= 0.3 is 0 Å². The molecule has 0 saturated carbocycles. The Morgan fingerprint density at radius 1 is 0.449 bits per heavy atom. The van der Waals surface area contributed by atoms with E-state index in [1.165, 1.54) is 65.3 Å². The average Bonchev–Trinajstić information content (AvgIpc) is 3.35. The van der Waals surface area contributed by atoms with E-state index in [4.69, 9.17) is 14.7 Å². The maximum Gasteiger partial charge on any atom is 0.218 e. The van der Waals surface area contributed by atoms with Gasteiger partial charge in [0.1, 0.15) is 5.60 Å². The molecule has 0 radical (unpaired) electrons. The van der Waals surface area contributed by atoms with E-state index < -0.39 is 0 Å². The van der Waals surface area contributed by atoms with Crippen LogP contribution in [0.25, 0.3) is 76.6 Å². The van der Waals surface area contributed by atoms with Crippen molar-refractivity contribution >= 4 is 49.0 Å². The fourth-order valence-corrected chi connectivity index (χ4v) is 7.24. The van der Waals surface area contributed by atoms with E-state index in [1.54, 1.807) is 0 Å². The molecule has 0 bridgehead atoms. The minimum Gasteiger partial charge on any atom is -0.469 e. The molecule has 7 aromatic carbocycles. The number of benzene rings is 7. The summed E-state index contributed by atoms with van der Waals surface area (Å²) in [5, 5.41) is 9.84. The lowest BCUT2D eigenvalue weighted by atomic mass is 9.84. The van der Waals surface area contributed by atoms with Gasteiger partial charge in [0, 0.05) is 11.8 Å². The highest BCUT2D eigenvalue weighted by Crippen LogP contribution is 2.45. The van der Waals surface area contributed by atoms with E-state index in [0.717, 1.165) is 16.8 Å². The number of rotatable bonds is 4. The quantitative estimate of drug-likeness (QED) is 0.181. The molecule has 0 amide bonds. The van der Waals surface area contributed by atoms with Crippen molar-refractivity contribution in [2.24, 2.45) is 4.99 Å². The van der Waals surface area contributed by atoms with Crippen LogP contribution in [0.3, 0.4) is 0 Å². The molecule has 0 aliphatic carbocycles. The Morgan fingerprint density at radius 2 is 0.959 bits per heavy atom. The largest absolute Gasteiger partial charge is 0.469 e. The van der Waals surface area contributed by atoms with Crippen molar-refractivity contribution in [3.8, 4) is 33.5 Å². The maximum absolute atomic E-state index is 6.28. The van der Waals surface area contributed by atoms with Crippen LogP contribution in [-0.4, -0.2) is 22.0 Å². The maximum atomic E-state index is 6.28. The van der Waals surface area contributed by atoms with Crippen LogP contribution in [0.4, 0.5) is 0 Å². The fraction of sp³-hybridized carbons (Fsp3) is 0.130. The Labute approximate surface area is 286 Å². The van der Waals surface area contributed by atoms with Gasteiger partial charge in [-0.2, -0.15) is 0 Å².